The first kappa shape index (κ1) is 15.7. The molecule has 0 bridgehead atoms. The van der Waals surface area contributed by atoms with Crippen molar-refractivity contribution >= 4 is 61.9 Å². The lowest BCUT2D eigenvalue weighted by molar-refractivity contribution is -0.138. The summed E-state index contributed by atoms with van der Waals surface area (Å²) in [6.45, 7) is 0. The Balaban J connectivity index is 1.71. The van der Waals surface area contributed by atoms with Gasteiger partial charge in [-0.3, -0.25) is 14.7 Å². The lowest BCUT2D eigenvalue weighted by Gasteiger charge is -1.97. The summed E-state index contributed by atoms with van der Waals surface area (Å²) in [5.74, 6) is -1.39. The molecule has 3 rings (SSSR count). The zero-order chi connectivity index (χ0) is 16.4. The fourth-order valence-electron chi connectivity index (χ4n) is 1.97. The molecule has 1 fully saturated rings. The Labute approximate surface area is 142 Å². The number of amides is 1. The van der Waals surface area contributed by atoms with Gasteiger partial charge in [-0.15, -0.1) is 5.10 Å². The Bertz CT molecular complexity index is 847. The number of benzene rings is 1. The summed E-state index contributed by atoms with van der Waals surface area (Å²) in [7, 11) is 0. The van der Waals surface area contributed by atoms with Crippen LogP contribution in [0.15, 0.2) is 33.0 Å². The maximum Gasteiger partial charge on any atom is 0.305 e. The molecule has 1 amide bonds. The van der Waals surface area contributed by atoms with E-state index in [2.05, 4.69) is 41.6 Å². The molecular formula is C13H10BrN5O3S. The molecule has 1 saturated heterocycles. The Morgan fingerprint density at radius 3 is 3.13 bits per heavy atom. The Kier molecular flexibility index (Phi) is 4.44. The van der Waals surface area contributed by atoms with Gasteiger partial charge in [0.25, 0.3) is 0 Å². The van der Waals surface area contributed by atoms with Crippen LogP contribution in [0.2, 0.25) is 0 Å². The number of aliphatic carboxylic acids is 1. The molecule has 1 aliphatic heterocycles. The molecule has 23 heavy (non-hydrogen) atoms. The Morgan fingerprint density at radius 2 is 2.35 bits per heavy atom. The minimum absolute atomic E-state index is 0.246. The summed E-state index contributed by atoms with van der Waals surface area (Å²) in [6, 6.07) is 5.58. The molecule has 0 spiro atoms. The van der Waals surface area contributed by atoms with Crippen molar-refractivity contribution in [2.75, 3.05) is 0 Å². The second-order valence-electron chi connectivity index (χ2n) is 4.66. The van der Waals surface area contributed by atoms with Crippen molar-refractivity contribution in [3.8, 4) is 0 Å². The summed E-state index contributed by atoms with van der Waals surface area (Å²) >= 11 is 4.43. The molecule has 118 valence electrons. The van der Waals surface area contributed by atoms with Gasteiger partial charge in [-0.05, 0) is 33.6 Å². The minimum Gasteiger partial charge on any atom is -0.481 e. The Morgan fingerprint density at radius 1 is 1.52 bits per heavy atom. The van der Waals surface area contributed by atoms with E-state index in [-0.39, 0.29) is 12.3 Å². The third-order valence-corrected chi connectivity index (χ3v) is 4.70. The van der Waals surface area contributed by atoms with Gasteiger partial charge in [-0.2, -0.15) is 10.2 Å². The molecule has 0 saturated carbocycles. The van der Waals surface area contributed by atoms with Crippen molar-refractivity contribution in [1.82, 2.24) is 15.5 Å². The zero-order valence-electron chi connectivity index (χ0n) is 11.5. The molecular weight excluding hydrogens is 386 g/mol. The van der Waals surface area contributed by atoms with Crippen LogP contribution in [0, 0.1) is 0 Å². The van der Waals surface area contributed by atoms with Crippen LogP contribution in [-0.4, -0.2) is 43.8 Å². The number of carbonyl (C=O) groups excluding carboxylic acids is 1. The first-order valence-electron chi connectivity index (χ1n) is 6.47. The van der Waals surface area contributed by atoms with Crippen molar-refractivity contribution in [1.29, 1.82) is 0 Å². The van der Waals surface area contributed by atoms with Gasteiger partial charge in [0.1, 0.15) is 9.85 Å². The number of nitrogens with zero attached hydrogens (tertiary/aromatic N) is 3. The predicted molar refractivity (Wildman–Crippen MR) is 90.6 cm³/mol. The van der Waals surface area contributed by atoms with E-state index in [1.165, 1.54) is 0 Å². The lowest BCUT2D eigenvalue weighted by Crippen LogP contribution is -2.26. The topological polar surface area (TPSA) is 120 Å². The molecule has 1 aromatic heterocycles. The average Bonchev–Trinajstić information content (AvgIpc) is 3.03. The van der Waals surface area contributed by atoms with Gasteiger partial charge in [-0.1, -0.05) is 17.8 Å². The predicted octanol–water partition coefficient (Wildman–Crippen LogP) is 1.72. The largest absolute Gasteiger partial charge is 0.481 e. The van der Waals surface area contributed by atoms with Crippen molar-refractivity contribution in [2.24, 2.45) is 10.2 Å². The highest BCUT2D eigenvalue weighted by molar-refractivity contribution is 9.10. The SMILES string of the molecule is O=C(O)CC1SC(=NN=Cc2ccc3n[nH]c(Br)c3c2)NC1=O. The van der Waals surface area contributed by atoms with Crippen molar-refractivity contribution in [2.45, 2.75) is 11.7 Å². The van der Waals surface area contributed by atoms with Crippen molar-refractivity contribution < 1.29 is 14.7 Å². The quantitative estimate of drug-likeness (QED) is 0.537. The number of carboxylic acids is 1. The van der Waals surface area contributed by atoms with Crippen molar-refractivity contribution in [3.05, 3.63) is 28.4 Å². The van der Waals surface area contributed by atoms with Gasteiger partial charge in [0, 0.05) is 5.39 Å². The summed E-state index contributed by atoms with van der Waals surface area (Å²) in [4.78, 5) is 22.2. The second-order valence-corrected chi connectivity index (χ2v) is 6.64. The van der Waals surface area contributed by atoms with E-state index >= 15 is 0 Å². The minimum atomic E-state index is -1.03. The number of nitrogens with one attached hydrogen (secondary N) is 2. The molecule has 0 aliphatic carbocycles. The average molecular weight is 396 g/mol. The summed E-state index contributed by atoms with van der Waals surface area (Å²) in [5, 5.41) is 26.5. The normalized spacial score (nSPS) is 19.8. The first-order chi connectivity index (χ1) is 11.0. The van der Waals surface area contributed by atoms with E-state index < -0.39 is 11.2 Å². The number of amidine groups is 1. The third-order valence-electron chi connectivity index (χ3n) is 3.02. The van der Waals surface area contributed by atoms with E-state index in [0.29, 0.717) is 5.17 Å². The maximum atomic E-state index is 11.6. The Hall–Kier alpha value is -2.20. The molecule has 1 unspecified atom stereocenters. The second kappa shape index (κ2) is 6.50. The molecule has 1 aliphatic rings. The van der Waals surface area contributed by atoms with Crippen LogP contribution in [0.5, 0.6) is 0 Å². The molecule has 2 heterocycles. The number of thioether (sulfide) groups is 1. The molecule has 3 N–H and O–H groups in total. The number of halogens is 1. The number of fused-ring (bicyclic) bond motifs is 1. The fraction of sp³-hybridized carbons (Fsp3) is 0.154. The van der Waals surface area contributed by atoms with Crippen LogP contribution in [0.4, 0.5) is 0 Å². The summed E-state index contributed by atoms with van der Waals surface area (Å²) in [5.41, 5.74) is 1.65. The van der Waals surface area contributed by atoms with Crippen LogP contribution in [0.1, 0.15) is 12.0 Å². The van der Waals surface area contributed by atoms with Gasteiger partial charge in [0.05, 0.1) is 18.2 Å². The molecule has 1 atom stereocenters. The first-order valence-corrected chi connectivity index (χ1v) is 8.14. The van der Waals surface area contributed by atoms with E-state index in [1.54, 1.807) is 6.21 Å². The fourth-order valence-corrected chi connectivity index (χ4v) is 3.29. The van der Waals surface area contributed by atoms with Crippen LogP contribution in [0.25, 0.3) is 10.9 Å². The highest BCUT2D eigenvalue weighted by Crippen LogP contribution is 2.23. The lowest BCUT2D eigenvalue weighted by atomic mass is 10.2. The van der Waals surface area contributed by atoms with E-state index in [0.717, 1.165) is 32.8 Å². The number of carboxylic acid groups (broad SMARTS) is 1. The van der Waals surface area contributed by atoms with Crippen LogP contribution in [-0.2, 0) is 9.59 Å². The molecule has 8 nitrogen and oxygen atoms in total. The van der Waals surface area contributed by atoms with Gasteiger partial charge >= 0.3 is 5.97 Å². The van der Waals surface area contributed by atoms with E-state index in [9.17, 15) is 9.59 Å². The van der Waals surface area contributed by atoms with Crippen LogP contribution in [0.3, 0.4) is 0 Å². The van der Waals surface area contributed by atoms with Gasteiger partial charge in [-0.25, -0.2) is 0 Å². The number of hydrogen-bond donors (Lipinski definition) is 3. The maximum absolute atomic E-state index is 11.6. The summed E-state index contributed by atoms with van der Waals surface area (Å²) in [6.07, 6.45) is 1.30. The molecule has 10 heteroatoms. The van der Waals surface area contributed by atoms with E-state index in [4.69, 9.17) is 5.11 Å². The van der Waals surface area contributed by atoms with Gasteiger partial charge in [0.2, 0.25) is 5.91 Å². The zero-order valence-corrected chi connectivity index (χ0v) is 13.9. The van der Waals surface area contributed by atoms with Crippen LogP contribution < -0.4 is 5.32 Å². The van der Waals surface area contributed by atoms with E-state index in [1.807, 2.05) is 18.2 Å². The highest BCUT2D eigenvalue weighted by Gasteiger charge is 2.32. The van der Waals surface area contributed by atoms with Gasteiger partial charge in [0.15, 0.2) is 5.17 Å². The molecule has 1 aromatic carbocycles. The molecule has 0 radical (unpaired) electrons. The van der Waals surface area contributed by atoms with Gasteiger partial charge < -0.3 is 10.4 Å². The number of aromatic nitrogens is 2. The number of H-pyrrole nitrogens is 1. The molecule has 2 aromatic rings. The standard InChI is InChI=1S/C13H10BrN5O3S/c14-11-7-3-6(1-2-8(7)17-18-11)5-15-19-13-16-12(22)9(23-13)4-10(20)21/h1-3,5,9H,4H2,(H,17,18)(H,20,21)(H,16,19,22). The monoisotopic (exact) mass is 395 g/mol. The smallest absolute Gasteiger partial charge is 0.305 e. The number of rotatable bonds is 4. The van der Waals surface area contributed by atoms with Crippen LogP contribution >= 0.6 is 27.7 Å². The number of carbonyl (C=O) groups is 2. The van der Waals surface area contributed by atoms with Crippen molar-refractivity contribution in [3.63, 3.8) is 0 Å². The number of hydrogen-bond acceptors (Lipinski definition) is 6. The third kappa shape index (κ3) is 3.59. The number of aromatic amines is 1. The summed E-state index contributed by atoms with van der Waals surface area (Å²) < 4.78 is 0.782. The highest BCUT2D eigenvalue weighted by atomic mass is 79.9.